The fourth-order valence-electron chi connectivity index (χ4n) is 2.20. The minimum absolute atomic E-state index is 0.0665. The molecule has 1 rings (SSSR count). The summed E-state index contributed by atoms with van der Waals surface area (Å²) in [4.78, 5) is 13.9. The molecule has 0 radical (unpaired) electrons. The Labute approximate surface area is 115 Å². The first-order valence-corrected chi connectivity index (χ1v) is 6.80. The zero-order valence-electron chi connectivity index (χ0n) is 11.9. The summed E-state index contributed by atoms with van der Waals surface area (Å²) < 4.78 is 0. The number of carbonyl (C=O) groups excluding carboxylic acids is 1. The van der Waals surface area contributed by atoms with E-state index in [2.05, 4.69) is 25.7 Å². The van der Waals surface area contributed by atoms with E-state index in [9.17, 15) is 4.79 Å². The summed E-state index contributed by atoms with van der Waals surface area (Å²) in [6, 6.07) is 3.71. The summed E-state index contributed by atoms with van der Waals surface area (Å²) in [6.45, 7) is 12.0. The fourth-order valence-corrected chi connectivity index (χ4v) is 2.41. The lowest BCUT2D eigenvalue weighted by molar-refractivity contribution is 0.101. The van der Waals surface area contributed by atoms with Gasteiger partial charge in [0.1, 0.15) is 0 Å². The van der Waals surface area contributed by atoms with Gasteiger partial charge in [-0.2, -0.15) is 0 Å². The molecule has 0 saturated heterocycles. The van der Waals surface area contributed by atoms with Gasteiger partial charge in [0.05, 0.1) is 0 Å². The molecule has 0 heterocycles. The Morgan fingerprint density at radius 3 is 2.44 bits per heavy atom. The normalized spacial score (nSPS) is 10.8. The highest BCUT2D eigenvalue weighted by atomic mass is 35.5. The topological polar surface area (TPSA) is 20.3 Å². The molecule has 0 aliphatic heterocycles. The number of nitrogens with zero attached hydrogens (tertiary/aromatic N) is 1. The van der Waals surface area contributed by atoms with E-state index in [0.29, 0.717) is 10.9 Å². The molecule has 0 fully saturated rings. The van der Waals surface area contributed by atoms with Crippen molar-refractivity contribution in [1.29, 1.82) is 0 Å². The number of carbonyl (C=O) groups is 1. The Morgan fingerprint density at radius 1 is 1.39 bits per heavy atom. The Kier molecular flexibility index (Phi) is 5.21. The molecule has 18 heavy (non-hydrogen) atoms. The van der Waals surface area contributed by atoms with Crippen molar-refractivity contribution in [3.63, 3.8) is 0 Å². The molecular weight excluding hydrogens is 246 g/mol. The molecule has 0 amide bonds. The predicted octanol–water partition coefficient (Wildman–Crippen LogP) is 4.33. The number of benzene rings is 1. The van der Waals surface area contributed by atoms with E-state index in [4.69, 9.17) is 11.6 Å². The predicted molar refractivity (Wildman–Crippen MR) is 78.9 cm³/mol. The van der Waals surface area contributed by atoms with Crippen molar-refractivity contribution in [2.24, 2.45) is 5.92 Å². The van der Waals surface area contributed by atoms with Crippen molar-refractivity contribution in [2.45, 2.75) is 34.6 Å². The molecule has 2 nitrogen and oxygen atoms in total. The van der Waals surface area contributed by atoms with Gasteiger partial charge in [-0.1, -0.05) is 25.4 Å². The highest BCUT2D eigenvalue weighted by molar-refractivity contribution is 6.31. The first-order valence-electron chi connectivity index (χ1n) is 6.42. The van der Waals surface area contributed by atoms with Crippen molar-refractivity contribution in [3.8, 4) is 0 Å². The van der Waals surface area contributed by atoms with Crippen LogP contribution < -0.4 is 4.90 Å². The van der Waals surface area contributed by atoms with E-state index in [1.807, 2.05) is 13.0 Å². The number of halogens is 1. The lowest BCUT2D eigenvalue weighted by atomic mass is 10.0. The van der Waals surface area contributed by atoms with E-state index in [1.165, 1.54) is 0 Å². The molecule has 0 aliphatic rings. The molecule has 3 heteroatoms. The number of Topliss-reactive ketones (excluding diaryl/α,β-unsaturated/α-hetero) is 1. The molecule has 0 aliphatic carbocycles. The second kappa shape index (κ2) is 6.24. The van der Waals surface area contributed by atoms with Crippen LogP contribution in [-0.2, 0) is 0 Å². The molecule has 1 aromatic carbocycles. The number of rotatable bonds is 5. The third-order valence-corrected chi connectivity index (χ3v) is 3.25. The summed E-state index contributed by atoms with van der Waals surface area (Å²) in [5.41, 5.74) is 2.82. The van der Waals surface area contributed by atoms with Crippen LogP contribution in [0.25, 0.3) is 0 Å². The quantitative estimate of drug-likeness (QED) is 0.740. The molecule has 0 atom stereocenters. The molecule has 0 bridgehead atoms. The van der Waals surface area contributed by atoms with Crippen molar-refractivity contribution in [1.82, 2.24) is 0 Å². The first kappa shape index (κ1) is 15.0. The van der Waals surface area contributed by atoms with Crippen LogP contribution >= 0.6 is 11.6 Å². The van der Waals surface area contributed by atoms with Crippen LogP contribution in [-0.4, -0.2) is 18.9 Å². The number of hydrogen-bond donors (Lipinski definition) is 0. The maximum atomic E-state index is 11.6. The van der Waals surface area contributed by atoms with E-state index in [1.54, 1.807) is 13.0 Å². The average Bonchev–Trinajstić information content (AvgIpc) is 2.28. The summed E-state index contributed by atoms with van der Waals surface area (Å²) in [5, 5.41) is 0.628. The molecule has 0 unspecified atom stereocenters. The molecular formula is C15H22ClNO. The van der Waals surface area contributed by atoms with Crippen molar-refractivity contribution in [2.75, 3.05) is 18.0 Å². The van der Waals surface area contributed by atoms with Crippen LogP contribution in [0.2, 0.25) is 5.02 Å². The summed E-state index contributed by atoms with van der Waals surface area (Å²) in [7, 11) is 0. The Hall–Kier alpha value is -1.02. The van der Waals surface area contributed by atoms with E-state index in [-0.39, 0.29) is 5.78 Å². The second-order valence-corrected chi connectivity index (χ2v) is 5.52. The van der Waals surface area contributed by atoms with Crippen LogP contribution in [0.1, 0.15) is 43.6 Å². The molecule has 1 aromatic rings. The van der Waals surface area contributed by atoms with Gasteiger partial charge >= 0.3 is 0 Å². The van der Waals surface area contributed by atoms with Gasteiger partial charge in [-0.3, -0.25) is 4.79 Å². The fraction of sp³-hybridized carbons (Fsp3) is 0.533. The Balaban J connectivity index is 3.25. The minimum atomic E-state index is 0.0665. The maximum absolute atomic E-state index is 11.6. The van der Waals surface area contributed by atoms with Gasteiger partial charge in [-0.25, -0.2) is 0 Å². The summed E-state index contributed by atoms with van der Waals surface area (Å²) in [6.07, 6.45) is 0. The van der Waals surface area contributed by atoms with Gasteiger partial charge in [-0.05, 0) is 44.4 Å². The molecule has 0 saturated carbocycles. The average molecular weight is 268 g/mol. The third kappa shape index (κ3) is 3.49. The van der Waals surface area contributed by atoms with E-state index >= 15 is 0 Å². The lowest BCUT2D eigenvalue weighted by Crippen LogP contribution is -2.28. The number of anilines is 1. The van der Waals surface area contributed by atoms with E-state index in [0.717, 1.165) is 29.9 Å². The van der Waals surface area contributed by atoms with Crippen LogP contribution in [0.4, 0.5) is 5.69 Å². The SMILES string of the molecule is CCN(CC(C)C)c1cc(Cl)cc(C(C)=O)c1C. The van der Waals surface area contributed by atoms with Crippen molar-refractivity contribution < 1.29 is 4.79 Å². The second-order valence-electron chi connectivity index (χ2n) is 5.09. The van der Waals surface area contributed by atoms with Crippen LogP contribution in [0.5, 0.6) is 0 Å². The van der Waals surface area contributed by atoms with Gasteiger partial charge in [0.15, 0.2) is 5.78 Å². The molecule has 100 valence electrons. The van der Waals surface area contributed by atoms with Gasteiger partial charge < -0.3 is 4.90 Å². The van der Waals surface area contributed by atoms with Gasteiger partial charge in [0.2, 0.25) is 0 Å². The first-order chi connectivity index (χ1) is 8.36. The minimum Gasteiger partial charge on any atom is -0.371 e. The molecule has 0 aromatic heterocycles. The summed E-state index contributed by atoms with van der Waals surface area (Å²) in [5.74, 6) is 0.640. The smallest absolute Gasteiger partial charge is 0.160 e. The van der Waals surface area contributed by atoms with Crippen molar-refractivity contribution in [3.05, 3.63) is 28.3 Å². The lowest BCUT2D eigenvalue weighted by Gasteiger charge is -2.27. The zero-order chi connectivity index (χ0) is 13.9. The number of ketones is 1. The zero-order valence-corrected chi connectivity index (χ0v) is 12.6. The monoisotopic (exact) mass is 267 g/mol. The van der Waals surface area contributed by atoms with Crippen LogP contribution in [0, 0.1) is 12.8 Å². The number of hydrogen-bond acceptors (Lipinski definition) is 2. The standard InChI is InChI=1S/C15H22ClNO/c1-6-17(9-10(2)3)15-8-13(16)7-14(11(15)4)12(5)18/h7-8,10H,6,9H2,1-5H3. The third-order valence-electron chi connectivity index (χ3n) is 3.03. The largest absolute Gasteiger partial charge is 0.371 e. The summed E-state index contributed by atoms with van der Waals surface area (Å²) >= 11 is 6.12. The van der Waals surface area contributed by atoms with Crippen LogP contribution in [0.3, 0.4) is 0 Å². The Morgan fingerprint density at radius 2 is 2.00 bits per heavy atom. The van der Waals surface area contributed by atoms with E-state index < -0.39 is 0 Å². The molecule has 0 spiro atoms. The van der Waals surface area contributed by atoms with Gasteiger partial charge in [0.25, 0.3) is 0 Å². The highest BCUT2D eigenvalue weighted by Crippen LogP contribution is 2.28. The van der Waals surface area contributed by atoms with Crippen LogP contribution in [0.15, 0.2) is 12.1 Å². The van der Waals surface area contributed by atoms with Crippen molar-refractivity contribution >= 4 is 23.1 Å². The molecule has 0 N–H and O–H groups in total. The van der Waals surface area contributed by atoms with Gasteiger partial charge in [0, 0.05) is 29.4 Å². The Bertz CT molecular complexity index is 440. The highest BCUT2D eigenvalue weighted by Gasteiger charge is 2.15. The van der Waals surface area contributed by atoms with Gasteiger partial charge in [-0.15, -0.1) is 0 Å². The maximum Gasteiger partial charge on any atom is 0.160 e.